The minimum atomic E-state index is -0.462. The van der Waals surface area contributed by atoms with Gasteiger partial charge in [-0.2, -0.15) is 0 Å². The lowest BCUT2D eigenvalue weighted by molar-refractivity contribution is -0.119. The number of carbonyl (C=O) groups is 1. The van der Waals surface area contributed by atoms with E-state index in [2.05, 4.69) is 19.2 Å². The van der Waals surface area contributed by atoms with Crippen molar-refractivity contribution in [2.75, 3.05) is 13.2 Å². The van der Waals surface area contributed by atoms with Gasteiger partial charge < -0.3 is 15.8 Å². The number of ether oxygens (including phenoxy) is 1. The molecule has 0 heterocycles. The first-order chi connectivity index (χ1) is 9.15. The van der Waals surface area contributed by atoms with E-state index in [1.54, 1.807) is 0 Å². The smallest absolute Gasteiger partial charge is 0.255 e. The lowest BCUT2D eigenvalue weighted by Gasteiger charge is -2.13. The maximum Gasteiger partial charge on any atom is 0.255 e. The van der Waals surface area contributed by atoms with Gasteiger partial charge in [0.15, 0.2) is 6.61 Å². The van der Waals surface area contributed by atoms with Crippen molar-refractivity contribution in [3.63, 3.8) is 0 Å². The molecule has 1 amide bonds. The minimum Gasteiger partial charge on any atom is -0.484 e. The first kappa shape index (κ1) is 15.5. The van der Waals surface area contributed by atoms with Gasteiger partial charge in [0.25, 0.3) is 5.91 Å². The Morgan fingerprint density at radius 2 is 1.89 bits per heavy atom. The van der Waals surface area contributed by atoms with Crippen LogP contribution < -0.4 is 15.8 Å². The lowest BCUT2D eigenvalue weighted by Crippen LogP contribution is -2.21. The van der Waals surface area contributed by atoms with E-state index < -0.39 is 5.91 Å². The van der Waals surface area contributed by atoms with Crippen LogP contribution in [-0.4, -0.2) is 19.1 Å². The predicted molar refractivity (Wildman–Crippen MR) is 76.9 cm³/mol. The van der Waals surface area contributed by atoms with Crippen LogP contribution in [0.4, 0.5) is 0 Å². The average Bonchev–Trinajstić information content (AvgIpc) is 2.42. The van der Waals surface area contributed by atoms with E-state index in [0.717, 1.165) is 19.0 Å². The molecule has 0 fully saturated rings. The Morgan fingerprint density at radius 1 is 1.26 bits per heavy atom. The fraction of sp³-hybridized carbons (Fsp3) is 0.533. The summed E-state index contributed by atoms with van der Waals surface area (Å²) >= 11 is 0. The minimum absolute atomic E-state index is 0.0771. The summed E-state index contributed by atoms with van der Waals surface area (Å²) < 4.78 is 5.20. The van der Waals surface area contributed by atoms with Gasteiger partial charge in [0.2, 0.25) is 0 Å². The van der Waals surface area contributed by atoms with E-state index in [1.807, 2.05) is 24.3 Å². The molecule has 0 unspecified atom stereocenters. The van der Waals surface area contributed by atoms with Crippen molar-refractivity contribution < 1.29 is 9.53 Å². The van der Waals surface area contributed by atoms with Crippen LogP contribution in [0.2, 0.25) is 0 Å². The van der Waals surface area contributed by atoms with Gasteiger partial charge in [-0.15, -0.1) is 0 Å². The van der Waals surface area contributed by atoms with Crippen LogP contribution in [0.1, 0.15) is 32.3 Å². The van der Waals surface area contributed by atoms with Crippen molar-refractivity contribution in [2.45, 2.75) is 33.2 Å². The maximum atomic E-state index is 10.6. The monoisotopic (exact) mass is 264 g/mol. The van der Waals surface area contributed by atoms with Crippen LogP contribution in [0.5, 0.6) is 5.75 Å². The summed E-state index contributed by atoms with van der Waals surface area (Å²) in [6, 6.07) is 7.71. The number of benzene rings is 1. The summed E-state index contributed by atoms with van der Waals surface area (Å²) in [4.78, 5) is 10.6. The summed E-state index contributed by atoms with van der Waals surface area (Å²) in [7, 11) is 0. The predicted octanol–water partition coefficient (Wildman–Crippen LogP) is 2.08. The zero-order valence-electron chi connectivity index (χ0n) is 11.8. The molecule has 0 spiro atoms. The number of nitrogens with two attached hydrogens (primary N) is 1. The fourth-order valence-electron chi connectivity index (χ4n) is 1.86. The molecule has 0 aromatic heterocycles. The topological polar surface area (TPSA) is 64.3 Å². The molecule has 0 saturated heterocycles. The van der Waals surface area contributed by atoms with Crippen molar-refractivity contribution in [2.24, 2.45) is 11.7 Å². The quantitative estimate of drug-likeness (QED) is 0.717. The van der Waals surface area contributed by atoms with Gasteiger partial charge in [-0.1, -0.05) is 38.8 Å². The zero-order chi connectivity index (χ0) is 14.1. The van der Waals surface area contributed by atoms with Crippen LogP contribution >= 0.6 is 0 Å². The number of rotatable bonds is 9. The van der Waals surface area contributed by atoms with Crippen molar-refractivity contribution in [1.82, 2.24) is 5.32 Å². The summed E-state index contributed by atoms with van der Waals surface area (Å²) in [5.74, 6) is 0.955. The van der Waals surface area contributed by atoms with Gasteiger partial charge in [-0.05, 0) is 30.2 Å². The lowest BCUT2D eigenvalue weighted by atomic mass is 10.0. The summed E-state index contributed by atoms with van der Waals surface area (Å²) in [5, 5.41) is 3.46. The molecule has 0 aliphatic carbocycles. The molecule has 1 aromatic carbocycles. The molecule has 4 heteroatoms. The van der Waals surface area contributed by atoms with E-state index in [9.17, 15) is 4.79 Å². The van der Waals surface area contributed by atoms with Crippen LogP contribution in [0.15, 0.2) is 24.3 Å². The van der Waals surface area contributed by atoms with Gasteiger partial charge in [0.1, 0.15) is 5.75 Å². The fourth-order valence-corrected chi connectivity index (χ4v) is 1.86. The number of carbonyl (C=O) groups excluding carboxylic acids is 1. The van der Waals surface area contributed by atoms with Crippen molar-refractivity contribution in [3.05, 3.63) is 29.8 Å². The third-order valence-corrected chi connectivity index (χ3v) is 3.22. The van der Waals surface area contributed by atoms with Gasteiger partial charge in [-0.3, -0.25) is 4.79 Å². The number of hydrogen-bond donors (Lipinski definition) is 2. The molecule has 0 radical (unpaired) electrons. The largest absolute Gasteiger partial charge is 0.484 e. The first-order valence-electron chi connectivity index (χ1n) is 6.86. The highest BCUT2D eigenvalue weighted by molar-refractivity contribution is 5.75. The molecular formula is C15H24N2O2. The first-order valence-corrected chi connectivity index (χ1v) is 6.86. The third-order valence-electron chi connectivity index (χ3n) is 3.22. The van der Waals surface area contributed by atoms with E-state index in [0.29, 0.717) is 5.75 Å². The standard InChI is InChI=1S/C15H24N2O2/c1-3-12(4-2)9-17-10-13-5-7-14(8-6-13)19-11-15(16)18/h5-8,12,17H,3-4,9-11H2,1-2H3,(H2,16,18). The van der Waals surface area contributed by atoms with Gasteiger partial charge in [0, 0.05) is 6.54 Å². The van der Waals surface area contributed by atoms with Crippen molar-refractivity contribution in [3.8, 4) is 5.75 Å². The zero-order valence-corrected chi connectivity index (χ0v) is 11.8. The average molecular weight is 264 g/mol. The molecule has 0 aliphatic heterocycles. The molecule has 19 heavy (non-hydrogen) atoms. The molecule has 1 rings (SSSR count). The Balaban J connectivity index is 2.33. The molecule has 0 atom stereocenters. The highest BCUT2D eigenvalue weighted by Crippen LogP contribution is 2.12. The molecule has 4 nitrogen and oxygen atoms in total. The van der Waals surface area contributed by atoms with Crippen molar-refractivity contribution in [1.29, 1.82) is 0 Å². The molecule has 1 aromatic rings. The van der Waals surface area contributed by atoms with E-state index >= 15 is 0 Å². The molecule has 0 bridgehead atoms. The van der Waals surface area contributed by atoms with Crippen LogP contribution in [-0.2, 0) is 11.3 Å². The van der Waals surface area contributed by atoms with Gasteiger partial charge in [0.05, 0.1) is 0 Å². The summed E-state index contributed by atoms with van der Waals surface area (Å²) in [5.41, 5.74) is 6.22. The van der Waals surface area contributed by atoms with E-state index in [-0.39, 0.29) is 6.61 Å². The second-order valence-electron chi connectivity index (χ2n) is 4.71. The molecule has 0 saturated carbocycles. The third kappa shape index (κ3) is 6.25. The van der Waals surface area contributed by atoms with E-state index in [1.165, 1.54) is 18.4 Å². The van der Waals surface area contributed by atoms with E-state index in [4.69, 9.17) is 10.5 Å². The highest BCUT2D eigenvalue weighted by atomic mass is 16.5. The molecule has 3 N–H and O–H groups in total. The number of hydrogen-bond acceptors (Lipinski definition) is 3. The number of nitrogens with one attached hydrogen (secondary N) is 1. The summed E-state index contributed by atoms with van der Waals surface area (Å²) in [6.07, 6.45) is 2.42. The van der Waals surface area contributed by atoms with Gasteiger partial charge >= 0.3 is 0 Å². The molecular weight excluding hydrogens is 240 g/mol. The molecule has 0 aliphatic rings. The Labute approximate surface area is 115 Å². The second kappa shape index (κ2) is 8.53. The Kier molecular flexibility index (Phi) is 6.97. The number of primary amides is 1. The number of amides is 1. The van der Waals surface area contributed by atoms with Crippen LogP contribution in [0.3, 0.4) is 0 Å². The van der Waals surface area contributed by atoms with Gasteiger partial charge in [-0.25, -0.2) is 0 Å². The maximum absolute atomic E-state index is 10.6. The van der Waals surface area contributed by atoms with Crippen LogP contribution in [0.25, 0.3) is 0 Å². The Morgan fingerprint density at radius 3 is 2.42 bits per heavy atom. The summed E-state index contributed by atoms with van der Waals surface area (Å²) in [6.45, 7) is 6.27. The molecule has 106 valence electrons. The second-order valence-corrected chi connectivity index (χ2v) is 4.71. The Hall–Kier alpha value is -1.55. The normalized spacial score (nSPS) is 10.7. The van der Waals surface area contributed by atoms with Crippen molar-refractivity contribution >= 4 is 5.91 Å². The van der Waals surface area contributed by atoms with Crippen LogP contribution in [0, 0.1) is 5.92 Å². The SMILES string of the molecule is CCC(CC)CNCc1ccc(OCC(N)=O)cc1. The highest BCUT2D eigenvalue weighted by Gasteiger charge is 2.02. The Bertz CT molecular complexity index is 372.